The number of hydrazone groups is 1. The van der Waals surface area contributed by atoms with Crippen LogP contribution in [0.5, 0.6) is 0 Å². The van der Waals surface area contributed by atoms with Gasteiger partial charge in [-0.15, -0.1) is 0 Å². The molecular weight excluding hydrogens is 522 g/mol. The van der Waals surface area contributed by atoms with Crippen LogP contribution in [0, 0.1) is 3.57 Å². The molecule has 0 saturated heterocycles. The third-order valence-electron chi connectivity index (χ3n) is 3.76. The molecule has 0 aliphatic rings. The van der Waals surface area contributed by atoms with Crippen LogP contribution in [-0.4, -0.2) is 32.8 Å². The first kappa shape index (κ1) is 23.1. The highest BCUT2D eigenvalue weighted by Gasteiger charge is 2.32. The summed E-state index contributed by atoms with van der Waals surface area (Å²) in [6.45, 7) is 0.938. The summed E-state index contributed by atoms with van der Waals surface area (Å²) < 4.78 is 64.5. The Labute approximate surface area is 180 Å². The number of sulfonamides is 1. The third-order valence-corrected chi connectivity index (χ3v) is 5.62. The smallest absolute Gasteiger partial charge is 0.271 e. The fourth-order valence-electron chi connectivity index (χ4n) is 2.31. The molecule has 0 atom stereocenters. The number of alkyl halides is 3. The number of halogens is 4. The lowest BCUT2D eigenvalue weighted by atomic mass is 10.1. The maximum absolute atomic E-state index is 12.9. The van der Waals surface area contributed by atoms with E-state index in [1.165, 1.54) is 6.07 Å². The van der Waals surface area contributed by atoms with E-state index in [1.54, 1.807) is 19.1 Å². The van der Waals surface area contributed by atoms with E-state index in [0.29, 0.717) is 16.1 Å². The molecule has 29 heavy (non-hydrogen) atoms. The van der Waals surface area contributed by atoms with Crippen LogP contribution in [0.4, 0.5) is 18.9 Å². The summed E-state index contributed by atoms with van der Waals surface area (Å²) in [4.78, 5) is 12.2. The topological polar surface area (TPSA) is 78.8 Å². The molecule has 0 aliphatic heterocycles. The van der Waals surface area contributed by atoms with Crippen LogP contribution in [0.25, 0.3) is 0 Å². The second-order valence-corrected chi connectivity index (χ2v) is 9.21. The number of hydrogen-bond donors (Lipinski definition) is 1. The number of nitrogens with one attached hydrogen (secondary N) is 1. The third kappa shape index (κ3) is 6.70. The molecule has 6 nitrogen and oxygen atoms in total. The highest BCUT2D eigenvalue weighted by Crippen LogP contribution is 2.32. The lowest BCUT2D eigenvalue weighted by molar-refractivity contribution is -0.137. The highest BCUT2D eigenvalue weighted by molar-refractivity contribution is 14.1. The molecule has 1 N–H and O–H groups in total. The van der Waals surface area contributed by atoms with Gasteiger partial charge >= 0.3 is 6.18 Å². The Morgan fingerprint density at radius 1 is 1.17 bits per heavy atom. The fourth-order valence-corrected chi connectivity index (χ4v) is 3.51. The Bertz CT molecular complexity index is 1020. The lowest BCUT2D eigenvalue weighted by Gasteiger charge is -2.22. The number of amides is 1. The maximum atomic E-state index is 12.9. The number of anilines is 1. The molecule has 2 rings (SSSR count). The summed E-state index contributed by atoms with van der Waals surface area (Å²) in [6.07, 6.45) is -3.84. The van der Waals surface area contributed by atoms with Gasteiger partial charge < -0.3 is 0 Å². The Balaban J connectivity index is 2.20. The standard InChI is InChI=1S/C18H17F3IN3O3S/c1-12(13-6-8-15(22)9-7-13)23-24-17(26)11-25(29(2,27)28)16-5-3-4-14(10-16)18(19,20)21/h3-10H,11H2,1-2H3,(H,24,26)/b23-12-. The molecule has 0 aromatic heterocycles. The first-order valence-corrected chi connectivity index (χ1v) is 11.0. The van der Waals surface area contributed by atoms with Crippen LogP contribution >= 0.6 is 22.6 Å². The minimum absolute atomic E-state index is 0.268. The van der Waals surface area contributed by atoms with Crippen LogP contribution in [0.3, 0.4) is 0 Å². The molecule has 11 heteroatoms. The molecule has 0 bridgehead atoms. The monoisotopic (exact) mass is 539 g/mol. The summed E-state index contributed by atoms with van der Waals surface area (Å²) in [5.41, 5.74) is 2.19. The van der Waals surface area contributed by atoms with Gasteiger partial charge in [0, 0.05) is 3.57 Å². The molecule has 0 spiro atoms. The number of carbonyl (C=O) groups excluding carboxylic acids is 1. The first-order valence-electron chi connectivity index (χ1n) is 8.12. The van der Waals surface area contributed by atoms with Gasteiger partial charge in [-0.3, -0.25) is 9.10 Å². The van der Waals surface area contributed by atoms with Crippen LogP contribution in [0.2, 0.25) is 0 Å². The molecule has 2 aromatic rings. The Morgan fingerprint density at radius 3 is 2.34 bits per heavy atom. The normalized spacial score (nSPS) is 12.6. The van der Waals surface area contributed by atoms with Crippen molar-refractivity contribution < 1.29 is 26.4 Å². The van der Waals surface area contributed by atoms with Gasteiger partial charge in [-0.25, -0.2) is 13.8 Å². The Kier molecular flexibility index (Phi) is 7.27. The number of benzene rings is 2. The maximum Gasteiger partial charge on any atom is 0.416 e. The zero-order valence-corrected chi connectivity index (χ0v) is 18.3. The molecule has 0 saturated carbocycles. The second kappa shape index (κ2) is 9.11. The number of hydrogen-bond acceptors (Lipinski definition) is 4. The summed E-state index contributed by atoms with van der Waals surface area (Å²) in [7, 11) is -4.01. The van der Waals surface area contributed by atoms with Crippen LogP contribution in [0.1, 0.15) is 18.1 Å². The summed E-state index contributed by atoms with van der Waals surface area (Å²) in [6, 6.07) is 11.1. The zero-order valence-electron chi connectivity index (χ0n) is 15.4. The van der Waals surface area contributed by atoms with Crippen LogP contribution in [0.15, 0.2) is 53.6 Å². The fraction of sp³-hybridized carbons (Fsp3) is 0.222. The van der Waals surface area contributed by atoms with Crippen molar-refractivity contribution in [1.82, 2.24) is 5.43 Å². The molecule has 1 amide bonds. The second-order valence-electron chi connectivity index (χ2n) is 6.06. The predicted molar refractivity (Wildman–Crippen MR) is 113 cm³/mol. The Morgan fingerprint density at radius 2 is 1.79 bits per heavy atom. The van der Waals surface area contributed by atoms with Gasteiger partial charge in [0.1, 0.15) is 6.54 Å². The van der Waals surface area contributed by atoms with Crippen molar-refractivity contribution in [2.75, 3.05) is 17.1 Å². The Hall–Kier alpha value is -2.15. The van der Waals surface area contributed by atoms with Crippen molar-refractivity contribution in [3.8, 4) is 0 Å². The van der Waals surface area contributed by atoms with Crippen molar-refractivity contribution in [3.63, 3.8) is 0 Å². The van der Waals surface area contributed by atoms with Gasteiger partial charge in [0.05, 0.1) is 23.2 Å². The zero-order chi connectivity index (χ0) is 21.8. The van der Waals surface area contributed by atoms with Crippen molar-refractivity contribution in [2.45, 2.75) is 13.1 Å². The van der Waals surface area contributed by atoms with Crippen molar-refractivity contribution in [3.05, 3.63) is 63.2 Å². The van der Waals surface area contributed by atoms with Gasteiger partial charge in [-0.2, -0.15) is 18.3 Å². The lowest BCUT2D eigenvalue weighted by Crippen LogP contribution is -2.39. The number of nitrogens with zero attached hydrogens (tertiary/aromatic N) is 2. The molecule has 0 unspecified atom stereocenters. The molecule has 2 aromatic carbocycles. The van der Waals surface area contributed by atoms with Gasteiger partial charge in [0.2, 0.25) is 10.0 Å². The number of carbonyl (C=O) groups is 1. The molecular formula is C18H17F3IN3O3S. The van der Waals surface area contributed by atoms with Crippen molar-refractivity contribution >= 4 is 49.9 Å². The molecule has 0 fully saturated rings. The van der Waals surface area contributed by atoms with Gasteiger partial charge in [0.15, 0.2) is 0 Å². The molecule has 156 valence electrons. The van der Waals surface area contributed by atoms with E-state index in [9.17, 15) is 26.4 Å². The van der Waals surface area contributed by atoms with Crippen LogP contribution < -0.4 is 9.73 Å². The average molecular weight is 539 g/mol. The quantitative estimate of drug-likeness (QED) is 0.346. The average Bonchev–Trinajstić information content (AvgIpc) is 2.63. The van der Waals surface area contributed by atoms with Gasteiger partial charge in [0.25, 0.3) is 5.91 Å². The number of rotatable bonds is 6. The van der Waals surface area contributed by atoms with Crippen LogP contribution in [-0.2, 0) is 21.0 Å². The summed E-state index contributed by atoms with van der Waals surface area (Å²) >= 11 is 2.14. The highest BCUT2D eigenvalue weighted by atomic mass is 127. The molecule has 0 heterocycles. The van der Waals surface area contributed by atoms with E-state index in [-0.39, 0.29) is 5.69 Å². The van der Waals surface area contributed by atoms with E-state index in [2.05, 4.69) is 33.1 Å². The van der Waals surface area contributed by atoms with E-state index < -0.39 is 34.2 Å². The van der Waals surface area contributed by atoms with E-state index in [4.69, 9.17) is 0 Å². The molecule has 0 aliphatic carbocycles. The largest absolute Gasteiger partial charge is 0.416 e. The molecule has 0 radical (unpaired) electrons. The summed E-state index contributed by atoms with van der Waals surface area (Å²) in [5.74, 6) is -0.794. The van der Waals surface area contributed by atoms with Crippen molar-refractivity contribution in [2.24, 2.45) is 5.10 Å². The summed E-state index contributed by atoms with van der Waals surface area (Å²) in [5, 5.41) is 3.92. The van der Waals surface area contributed by atoms with E-state index >= 15 is 0 Å². The van der Waals surface area contributed by atoms with E-state index in [0.717, 1.165) is 27.5 Å². The van der Waals surface area contributed by atoms with E-state index in [1.807, 2.05) is 12.1 Å². The minimum atomic E-state index is -4.64. The SMILES string of the molecule is C/C(=N/NC(=O)CN(c1cccc(C(F)(F)F)c1)S(C)(=O)=O)c1ccc(I)cc1. The van der Waals surface area contributed by atoms with Gasteiger partial charge in [-0.05, 0) is 65.4 Å². The minimum Gasteiger partial charge on any atom is -0.271 e. The van der Waals surface area contributed by atoms with Crippen molar-refractivity contribution in [1.29, 1.82) is 0 Å². The first-order chi connectivity index (χ1) is 13.4. The van der Waals surface area contributed by atoms with Gasteiger partial charge in [-0.1, -0.05) is 18.2 Å². The predicted octanol–water partition coefficient (Wildman–Crippen LogP) is 3.62.